The summed E-state index contributed by atoms with van der Waals surface area (Å²) in [6.07, 6.45) is 25.7. The Kier molecular flexibility index (Phi) is 21.4. The lowest BCUT2D eigenvalue weighted by atomic mass is 10.0. The van der Waals surface area contributed by atoms with Crippen LogP contribution in [0.5, 0.6) is 0 Å². The topological polar surface area (TPSA) is 30.0 Å². The van der Waals surface area contributed by atoms with E-state index in [1.165, 1.54) is 145 Å². The number of rotatable bonds is 22. The SMILES string of the molecule is CCCCCCCCCCCCCCCCCC[N+](CCC)(CCC)c1ccccc1.[OH-]. The minimum absolute atomic E-state index is 0. The van der Waals surface area contributed by atoms with Crippen molar-refractivity contribution in [2.75, 3.05) is 19.6 Å². The molecule has 0 saturated heterocycles. The van der Waals surface area contributed by atoms with Crippen LogP contribution in [0, 0.1) is 0 Å². The summed E-state index contributed by atoms with van der Waals surface area (Å²) in [5.74, 6) is 0. The third kappa shape index (κ3) is 14.3. The van der Waals surface area contributed by atoms with E-state index in [-0.39, 0.29) is 5.48 Å². The molecule has 2 heteroatoms. The van der Waals surface area contributed by atoms with Gasteiger partial charge in [-0.25, -0.2) is 0 Å². The minimum Gasteiger partial charge on any atom is -0.870 e. The third-order valence-corrected chi connectivity index (χ3v) is 7.05. The second kappa shape index (κ2) is 22.0. The smallest absolute Gasteiger partial charge is 0.132 e. The molecule has 2 nitrogen and oxygen atoms in total. The van der Waals surface area contributed by atoms with Gasteiger partial charge in [0.15, 0.2) is 0 Å². The molecule has 1 N–H and O–H groups in total. The van der Waals surface area contributed by atoms with Gasteiger partial charge in [-0.05, 0) is 37.8 Å². The van der Waals surface area contributed by atoms with Gasteiger partial charge in [0.2, 0.25) is 0 Å². The molecule has 0 fully saturated rings. The van der Waals surface area contributed by atoms with E-state index in [1.807, 2.05) is 0 Å². The number of quaternary nitrogens is 1. The molecule has 0 amide bonds. The zero-order chi connectivity index (χ0) is 22.5. The Labute approximate surface area is 202 Å². The highest BCUT2D eigenvalue weighted by molar-refractivity contribution is 5.42. The summed E-state index contributed by atoms with van der Waals surface area (Å²) >= 11 is 0. The average molecular weight is 448 g/mol. The quantitative estimate of drug-likeness (QED) is 0.128. The zero-order valence-corrected chi connectivity index (χ0v) is 22.1. The fraction of sp³-hybridized carbons (Fsp3) is 0.800. The molecule has 0 bridgehead atoms. The number of hydrogen-bond acceptors (Lipinski definition) is 1. The summed E-state index contributed by atoms with van der Waals surface area (Å²) in [6, 6.07) is 11.3. The highest BCUT2D eigenvalue weighted by atomic mass is 16.0. The van der Waals surface area contributed by atoms with Crippen LogP contribution in [0.3, 0.4) is 0 Å². The van der Waals surface area contributed by atoms with Crippen LogP contribution < -0.4 is 4.48 Å². The van der Waals surface area contributed by atoms with E-state index in [9.17, 15) is 0 Å². The van der Waals surface area contributed by atoms with Gasteiger partial charge in [0, 0.05) is 0 Å². The Morgan fingerprint density at radius 3 is 1.19 bits per heavy atom. The lowest BCUT2D eigenvalue weighted by molar-refractivity contribution is 0.265. The summed E-state index contributed by atoms with van der Waals surface area (Å²) in [4.78, 5) is 0. The molecule has 0 aromatic heterocycles. The van der Waals surface area contributed by atoms with Gasteiger partial charge in [0.05, 0.1) is 19.6 Å². The first-order valence-electron chi connectivity index (χ1n) is 14.2. The Hall–Kier alpha value is -0.860. The first kappa shape index (κ1) is 31.1. The Morgan fingerprint density at radius 1 is 0.438 bits per heavy atom. The van der Waals surface area contributed by atoms with Crippen LogP contribution in [0.2, 0.25) is 0 Å². The van der Waals surface area contributed by atoms with E-state index in [0.717, 1.165) is 0 Å². The lowest BCUT2D eigenvalue weighted by Gasteiger charge is -2.38. The molecule has 0 spiro atoms. The number of benzene rings is 1. The second-order valence-electron chi connectivity index (χ2n) is 9.95. The monoisotopic (exact) mass is 447 g/mol. The lowest BCUT2D eigenvalue weighted by Crippen LogP contribution is -2.51. The van der Waals surface area contributed by atoms with Gasteiger partial charge in [-0.15, -0.1) is 0 Å². The molecule has 0 unspecified atom stereocenters. The van der Waals surface area contributed by atoms with Gasteiger partial charge in [-0.1, -0.05) is 129 Å². The standard InChI is InChI=1S/C30H56N.H2O/c1-4-7-8-9-10-11-12-13-14-15-16-17-18-19-20-24-29-31(27-5-2,28-6-3)30-25-22-21-23-26-30;/h21-23,25-26H,4-20,24,27-29H2,1-3H3;1H2/q+1;/p-1. The van der Waals surface area contributed by atoms with Crippen molar-refractivity contribution in [3.63, 3.8) is 0 Å². The van der Waals surface area contributed by atoms with Crippen molar-refractivity contribution in [3.05, 3.63) is 30.3 Å². The molecule has 1 rings (SSSR count). The fourth-order valence-electron chi connectivity index (χ4n) is 5.29. The van der Waals surface area contributed by atoms with Gasteiger partial charge in [-0.2, -0.15) is 0 Å². The molecule has 0 radical (unpaired) electrons. The molecular weight excluding hydrogens is 390 g/mol. The molecule has 32 heavy (non-hydrogen) atoms. The van der Waals surface area contributed by atoms with Gasteiger partial charge in [-0.3, -0.25) is 4.48 Å². The van der Waals surface area contributed by atoms with Crippen molar-refractivity contribution >= 4 is 5.69 Å². The van der Waals surface area contributed by atoms with Gasteiger partial charge >= 0.3 is 0 Å². The fourth-order valence-corrected chi connectivity index (χ4v) is 5.29. The predicted molar refractivity (Wildman–Crippen MR) is 145 cm³/mol. The molecule has 1 aromatic rings. The second-order valence-corrected chi connectivity index (χ2v) is 9.95. The van der Waals surface area contributed by atoms with Crippen LogP contribution in [-0.4, -0.2) is 25.1 Å². The molecule has 188 valence electrons. The number of nitrogens with zero attached hydrogens (tertiary/aromatic N) is 1. The molecule has 1 aromatic carbocycles. The number of hydrogen-bond donors (Lipinski definition) is 0. The summed E-state index contributed by atoms with van der Waals surface area (Å²) in [5, 5.41) is 0. The van der Waals surface area contributed by atoms with Crippen molar-refractivity contribution in [2.24, 2.45) is 0 Å². The van der Waals surface area contributed by atoms with Crippen molar-refractivity contribution in [3.8, 4) is 0 Å². The normalized spacial score (nSPS) is 11.5. The summed E-state index contributed by atoms with van der Waals surface area (Å²) in [5.41, 5.74) is 1.53. The molecule has 0 aliphatic heterocycles. The summed E-state index contributed by atoms with van der Waals surface area (Å²) in [7, 11) is 0. The van der Waals surface area contributed by atoms with Gasteiger partial charge in [0.1, 0.15) is 5.69 Å². The minimum atomic E-state index is 0. The van der Waals surface area contributed by atoms with Crippen molar-refractivity contribution < 1.29 is 5.48 Å². The van der Waals surface area contributed by atoms with Crippen molar-refractivity contribution in [2.45, 2.75) is 136 Å². The first-order chi connectivity index (χ1) is 15.3. The van der Waals surface area contributed by atoms with Crippen LogP contribution in [0.15, 0.2) is 30.3 Å². The van der Waals surface area contributed by atoms with E-state index in [1.54, 1.807) is 0 Å². The Balaban J connectivity index is 0.00000961. The highest BCUT2D eigenvalue weighted by Crippen LogP contribution is 2.25. The maximum Gasteiger partial charge on any atom is 0.132 e. The van der Waals surface area contributed by atoms with Crippen LogP contribution in [0.25, 0.3) is 0 Å². The number of para-hydroxylation sites is 1. The third-order valence-electron chi connectivity index (χ3n) is 7.05. The summed E-state index contributed by atoms with van der Waals surface area (Å²) < 4.78 is 1.20. The molecule has 0 saturated carbocycles. The van der Waals surface area contributed by atoms with E-state index in [0.29, 0.717) is 0 Å². The highest BCUT2D eigenvalue weighted by Gasteiger charge is 2.27. The van der Waals surface area contributed by atoms with Crippen molar-refractivity contribution in [1.29, 1.82) is 0 Å². The average Bonchev–Trinajstić information content (AvgIpc) is 2.79. The molecular formula is C30H57NO. The Morgan fingerprint density at radius 2 is 0.812 bits per heavy atom. The zero-order valence-electron chi connectivity index (χ0n) is 22.1. The predicted octanol–water partition coefficient (Wildman–Crippen LogP) is 9.90. The Bertz CT molecular complexity index is 481. The van der Waals surface area contributed by atoms with Crippen LogP contribution in [-0.2, 0) is 0 Å². The molecule has 0 atom stereocenters. The van der Waals surface area contributed by atoms with Crippen molar-refractivity contribution in [1.82, 2.24) is 4.48 Å². The maximum atomic E-state index is 2.36. The van der Waals surface area contributed by atoms with E-state index in [4.69, 9.17) is 0 Å². The van der Waals surface area contributed by atoms with Crippen LogP contribution >= 0.6 is 0 Å². The van der Waals surface area contributed by atoms with Crippen LogP contribution in [0.1, 0.15) is 136 Å². The van der Waals surface area contributed by atoms with Gasteiger partial charge in [0.25, 0.3) is 0 Å². The molecule has 0 heterocycles. The van der Waals surface area contributed by atoms with Gasteiger partial charge < -0.3 is 5.48 Å². The first-order valence-corrected chi connectivity index (χ1v) is 14.2. The van der Waals surface area contributed by atoms with E-state index < -0.39 is 0 Å². The van der Waals surface area contributed by atoms with E-state index >= 15 is 0 Å². The largest absolute Gasteiger partial charge is 0.870 e. The number of unbranched alkanes of at least 4 members (excludes halogenated alkanes) is 15. The maximum absolute atomic E-state index is 2.36. The molecule has 0 aliphatic carbocycles. The molecule has 0 aliphatic rings. The van der Waals surface area contributed by atoms with E-state index in [2.05, 4.69) is 51.1 Å². The summed E-state index contributed by atoms with van der Waals surface area (Å²) in [6.45, 7) is 10.9. The van der Waals surface area contributed by atoms with Crippen LogP contribution in [0.4, 0.5) is 5.69 Å².